The van der Waals surface area contributed by atoms with E-state index in [0.717, 1.165) is 11.8 Å². The number of carbonyl (C=O) groups is 1. The van der Waals surface area contributed by atoms with Crippen molar-refractivity contribution in [3.63, 3.8) is 0 Å². The second kappa shape index (κ2) is 6.80. The van der Waals surface area contributed by atoms with Gasteiger partial charge in [0.15, 0.2) is 5.82 Å². The first kappa shape index (κ1) is 16.7. The van der Waals surface area contributed by atoms with Crippen molar-refractivity contribution in [3.05, 3.63) is 47.5 Å². The maximum Gasteiger partial charge on any atom is 0.243 e. The van der Waals surface area contributed by atoms with Crippen molar-refractivity contribution >= 4 is 16.3 Å². The molecule has 0 bridgehead atoms. The van der Waals surface area contributed by atoms with Crippen LogP contribution >= 0.6 is 0 Å². The van der Waals surface area contributed by atoms with E-state index in [-0.39, 0.29) is 12.5 Å². The van der Waals surface area contributed by atoms with Gasteiger partial charge in [-0.25, -0.2) is 0 Å². The highest BCUT2D eigenvalue weighted by Gasteiger charge is 2.32. The van der Waals surface area contributed by atoms with Gasteiger partial charge in [0.1, 0.15) is 35.1 Å². The fourth-order valence-corrected chi connectivity index (χ4v) is 3.14. The highest BCUT2D eigenvalue weighted by atomic mass is 32.3. The first-order chi connectivity index (χ1) is 11.4. The summed E-state index contributed by atoms with van der Waals surface area (Å²) in [6.45, 7) is 0.471. The quantitative estimate of drug-likeness (QED) is 0.731. The SMILES string of the molecule is C[S+](=O)([O-])NCc1nnc2n1C(C(=O)NCc1ccccc1)CC2. The Morgan fingerprint density at radius 3 is 2.79 bits per heavy atom. The molecular formula is C15H19N5O3S. The van der Waals surface area contributed by atoms with Crippen molar-refractivity contribution in [2.24, 2.45) is 0 Å². The molecule has 1 aromatic carbocycles. The first-order valence-electron chi connectivity index (χ1n) is 7.63. The van der Waals surface area contributed by atoms with E-state index >= 15 is 0 Å². The zero-order valence-electron chi connectivity index (χ0n) is 13.3. The number of amides is 1. The molecule has 0 aliphatic carbocycles. The normalized spacial score (nSPS) is 18.8. The standard InChI is InChI=1S/C15H19N5O3S/c1-24(22,23)17-10-14-19-18-13-8-7-12(20(13)14)15(21)16-9-11-5-3-2-4-6-11/h2-6,12H,7-10H2,1H3,(H2-,16,17,21,22,23). The summed E-state index contributed by atoms with van der Waals surface area (Å²) >= 11 is 0. The number of sulfonamides is 1. The van der Waals surface area contributed by atoms with Crippen LogP contribution in [0.1, 0.15) is 29.7 Å². The topological polar surface area (TPSA) is 112 Å². The number of aromatic nitrogens is 3. The van der Waals surface area contributed by atoms with Gasteiger partial charge in [0.2, 0.25) is 5.91 Å². The largest absolute Gasteiger partial charge is 0.598 e. The van der Waals surface area contributed by atoms with Crippen molar-refractivity contribution in [1.29, 1.82) is 0 Å². The molecule has 1 amide bonds. The molecule has 9 heteroatoms. The molecule has 3 rings (SSSR count). The van der Waals surface area contributed by atoms with Crippen LogP contribution in [0, 0.1) is 0 Å². The minimum absolute atomic E-state index is 0.0221. The molecule has 0 radical (unpaired) electrons. The lowest BCUT2D eigenvalue weighted by molar-refractivity contribution is -0.124. The van der Waals surface area contributed by atoms with E-state index in [0.29, 0.717) is 31.0 Å². The van der Waals surface area contributed by atoms with Gasteiger partial charge in [-0.1, -0.05) is 34.5 Å². The van der Waals surface area contributed by atoms with E-state index in [9.17, 15) is 13.6 Å². The number of aryl methyl sites for hydroxylation is 1. The van der Waals surface area contributed by atoms with Gasteiger partial charge in [0, 0.05) is 13.0 Å². The number of fused-ring (bicyclic) bond motifs is 1. The molecule has 24 heavy (non-hydrogen) atoms. The molecule has 0 spiro atoms. The molecule has 2 atom stereocenters. The number of carbonyl (C=O) groups excluding carboxylic acids is 1. The van der Waals surface area contributed by atoms with E-state index in [1.54, 1.807) is 4.57 Å². The minimum atomic E-state index is -3.33. The summed E-state index contributed by atoms with van der Waals surface area (Å²) in [6, 6.07) is 9.25. The van der Waals surface area contributed by atoms with E-state index in [1.165, 1.54) is 0 Å². The monoisotopic (exact) mass is 349 g/mol. The van der Waals surface area contributed by atoms with Crippen LogP contribution in [0.3, 0.4) is 0 Å². The first-order valence-corrected chi connectivity index (χ1v) is 9.52. The fourth-order valence-electron chi connectivity index (χ4n) is 2.75. The number of nitrogens with one attached hydrogen (secondary N) is 2. The van der Waals surface area contributed by atoms with E-state index in [4.69, 9.17) is 0 Å². The molecule has 128 valence electrons. The van der Waals surface area contributed by atoms with Gasteiger partial charge in [-0.15, -0.1) is 14.9 Å². The lowest BCUT2D eigenvalue weighted by atomic mass is 10.2. The van der Waals surface area contributed by atoms with Gasteiger partial charge in [-0.3, -0.25) is 4.79 Å². The smallest absolute Gasteiger partial charge is 0.243 e. The molecule has 1 aliphatic heterocycles. The summed E-state index contributed by atoms with van der Waals surface area (Å²) in [5.41, 5.74) is 1.02. The second-order valence-corrected chi connectivity index (χ2v) is 7.59. The Balaban J connectivity index is 1.68. The van der Waals surface area contributed by atoms with Crippen molar-refractivity contribution in [2.75, 3.05) is 6.26 Å². The summed E-state index contributed by atoms with van der Waals surface area (Å²) in [5, 5.41) is 11.0. The zero-order chi connectivity index (χ0) is 17.2. The summed E-state index contributed by atoms with van der Waals surface area (Å²) < 4.78 is 26.6. The Morgan fingerprint density at radius 1 is 1.33 bits per heavy atom. The third-order valence-corrected chi connectivity index (χ3v) is 4.56. The maximum absolute atomic E-state index is 12.5. The number of hydrogen-bond acceptors (Lipinski definition) is 5. The van der Waals surface area contributed by atoms with Crippen LogP contribution in [0.5, 0.6) is 0 Å². The third-order valence-electron chi connectivity index (χ3n) is 3.89. The molecule has 2 unspecified atom stereocenters. The Hall–Kier alpha value is -2.10. The van der Waals surface area contributed by atoms with E-state index in [1.807, 2.05) is 30.3 Å². The van der Waals surface area contributed by atoms with E-state index < -0.39 is 16.4 Å². The molecule has 1 aliphatic rings. The van der Waals surface area contributed by atoms with Crippen LogP contribution in [0.25, 0.3) is 0 Å². The van der Waals surface area contributed by atoms with Crippen molar-refractivity contribution < 1.29 is 13.6 Å². The van der Waals surface area contributed by atoms with Gasteiger partial charge in [-0.05, 0) is 12.0 Å². The van der Waals surface area contributed by atoms with Crippen LogP contribution in [-0.4, -0.2) is 31.5 Å². The highest BCUT2D eigenvalue weighted by molar-refractivity contribution is 7.95. The number of hydrogen-bond donors (Lipinski definition) is 2. The zero-order valence-corrected chi connectivity index (χ0v) is 14.1. The lowest BCUT2D eigenvalue weighted by Crippen LogP contribution is -2.33. The van der Waals surface area contributed by atoms with Gasteiger partial charge in [0.25, 0.3) is 0 Å². The summed E-state index contributed by atoms with van der Waals surface area (Å²) in [6.07, 6.45) is 2.37. The summed E-state index contributed by atoms with van der Waals surface area (Å²) in [5.74, 6) is 1.05. The fraction of sp³-hybridized carbons (Fsp3) is 0.400. The number of nitrogens with zero attached hydrogens (tertiary/aromatic N) is 3. The molecule has 2 heterocycles. The third kappa shape index (κ3) is 3.86. The Bertz CT molecular complexity index is 771. The second-order valence-electron chi connectivity index (χ2n) is 5.75. The predicted molar refractivity (Wildman–Crippen MR) is 87.3 cm³/mol. The van der Waals surface area contributed by atoms with Gasteiger partial charge >= 0.3 is 0 Å². The lowest BCUT2D eigenvalue weighted by Gasteiger charge is -2.16. The van der Waals surface area contributed by atoms with Crippen molar-refractivity contribution in [2.45, 2.75) is 32.0 Å². The van der Waals surface area contributed by atoms with Crippen LogP contribution < -0.4 is 10.0 Å². The predicted octanol–water partition coefficient (Wildman–Crippen LogP) is 0.346. The molecular weight excluding hydrogens is 330 g/mol. The van der Waals surface area contributed by atoms with Gasteiger partial charge in [0.05, 0.1) is 0 Å². The Morgan fingerprint density at radius 2 is 2.08 bits per heavy atom. The molecule has 0 fully saturated rings. The average Bonchev–Trinajstić information content (AvgIpc) is 3.13. The van der Waals surface area contributed by atoms with Gasteiger partial charge < -0.3 is 14.4 Å². The highest BCUT2D eigenvalue weighted by Crippen LogP contribution is 2.26. The molecule has 1 aromatic heterocycles. The molecule has 0 saturated heterocycles. The van der Waals surface area contributed by atoms with Gasteiger partial charge in [-0.2, -0.15) is 0 Å². The Labute approximate surface area is 141 Å². The average molecular weight is 349 g/mol. The molecule has 8 nitrogen and oxygen atoms in total. The van der Waals surface area contributed by atoms with Crippen LogP contribution in [0.4, 0.5) is 0 Å². The van der Waals surface area contributed by atoms with E-state index in [2.05, 4.69) is 20.2 Å². The van der Waals surface area contributed by atoms with Crippen molar-refractivity contribution in [3.8, 4) is 0 Å². The molecule has 0 saturated carbocycles. The minimum Gasteiger partial charge on any atom is -0.598 e. The molecule has 2 aromatic rings. The number of benzene rings is 1. The Kier molecular flexibility index (Phi) is 4.74. The van der Waals surface area contributed by atoms with Crippen LogP contribution in [0.2, 0.25) is 0 Å². The molecule has 2 N–H and O–H groups in total. The van der Waals surface area contributed by atoms with Crippen LogP contribution in [0.15, 0.2) is 30.3 Å². The van der Waals surface area contributed by atoms with Crippen LogP contribution in [-0.2, 0) is 38.9 Å². The summed E-state index contributed by atoms with van der Waals surface area (Å²) in [4.78, 5) is 12.5. The number of rotatable bonds is 6. The maximum atomic E-state index is 12.5. The summed E-state index contributed by atoms with van der Waals surface area (Å²) in [7, 11) is -3.33. The van der Waals surface area contributed by atoms with Crippen molar-refractivity contribution in [1.82, 2.24) is 24.8 Å².